The van der Waals surface area contributed by atoms with Crippen LogP contribution in [0.1, 0.15) is 6.42 Å². The van der Waals surface area contributed by atoms with E-state index in [2.05, 4.69) is 9.55 Å². The second-order valence-electron chi connectivity index (χ2n) is 5.04. The van der Waals surface area contributed by atoms with Gasteiger partial charge in [0, 0.05) is 27.2 Å². The van der Waals surface area contributed by atoms with Gasteiger partial charge in [-0.2, -0.15) is 5.26 Å². The molecule has 7 heteroatoms. The van der Waals surface area contributed by atoms with Crippen LogP contribution in [0.4, 0.5) is 0 Å². The number of benzene rings is 1. The molecule has 122 valence electrons. The van der Waals surface area contributed by atoms with Gasteiger partial charge in [0.15, 0.2) is 5.16 Å². The second-order valence-corrected chi connectivity index (χ2v) is 5.98. The first-order chi connectivity index (χ1) is 11.2. The normalized spacial score (nSPS) is 10.7. The number of carbonyl (C=O) groups is 1. The monoisotopic (exact) mass is 332 g/mol. The van der Waals surface area contributed by atoms with Gasteiger partial charge in [0.1, 0.15) is 0 Å². The van der Waals surface area contributed by atoms with Crippen LogP contribution in [0, 0.1) is 11.3 Å². The summed E-state index contributed by atoms with van der Waals surface area (Å²) in [5.41, 5.74) is 1.95. The molecule has 6 nitrogen and oxygen atoms in total. The summed E-state index contributed by atoms with van der Waals surface area (Å²) in [6.07, 6.45) is 0.346. The van der Waals surface area contributed by atoms with E-state index >= 15 is 0 Å². The average Bonchev–Trinajstić information content (AvgIpc) is 2.93. The molecule has 2 rings (SSSR count). The fourth-order valence-electron chi connectivity index (χ4n) is 2.14. The Hall–Kier alpha value is -2.04. The number of hydrogen-bond donors (Lipinski definition) is 0. The van der Waals surface area contributed by atoms with Gasteiger partial charge < -0.3 is 14.2 Å². The zero-order valence-corrected chi connectivity index (χ0v) is 14.2. The van der Waals surface area contributed by atoms with Gasteiger partial charge in [0.05, 0.1) is 35.9 Å². The van der Waals surface area contributed by atoms with E-state index in [1.54, 1.807) is 19.1 Å². The maximum Gasteiger partial charge on any atom is 0.232 e. The number of thioether (sulfide) groups is 1. The number of aromatic nitrogens is 2. The maximum absolute atomic E-state index is 12.1. The molecular weight excluding hydrogens is 312 g/mol. The summed E-state index contributed by atoms with van der Waals surface area (Å²) in [7, 11) is 3.38. The third-order valence-corrected chi connectivity index (χ3v) is 4.41. The molecule has 0 saturated carbocycles. The molecule has 0 atom stereocenters. The lowest BCUT2D eigenvalue weighted by Crippen LogP contribution is -2.29. The lowest BCUT2D eigenvalue weighted by Gasteiger charge is -2.15. The Kier molecular flexibility index (Phi) is 6.44. The van der Waals surface area contributed by atoms with E-state index in [0.29, 0.717) is 31.9 Å². The van der Waals surface area contributed by atoms with Crippen molar-refractivity contribution in [3.05, 3.63) is 24.3 Å². The minimum atomic E-state index is -0.00408. The smallest absolute Gasteiger partial charge is 0.232 e. The molecule has 0 aliphatic carbocycles. The number of nitriles is 1. The summed E-state index contributed by atoms with van der Waals surface area (Å²) < 4.78 is 7.24. The fourth-order valence-corrected chi connectivity index (χ4v) is 3.12. The van der Waals surface area contributed by atoms with E-state index < -0.39 is 0 Å². The average molecular weight is 332 g/mol. The van der Waals surface area contributed by atoms with Crippen molar-refractivity contribution >= 4 is 28.7 Å². The minimum Gasteiger partial charge on any atom is -0.383 e. The number of fused-ring (bicyclic) bond motifs is 1. The van der Waals surface area contributed by atoms with E-state index in [9.17, 15) is 4.79 Å². The highest BCUT2D eigenvalue weighted by molar-refractivity contribution is 7.99. The van der Waals surface area contributed by atoms with E-state index in [-0.39, 0.29) is 5.91 Å². The third-order valence-electron chi connectivity index (χ3n) is 3.45. The second kappa shape index (κ2) is 8.56. The molecule has 0 bridgehead atoms. The topological polar surface area (TPSA) is 71.2 Å². The maximum atomic E-state index is 12.1. The number of imidazole rings is 1. The van der Waals surface area contributed by atoms with Crippen LogP contribution in [0.5, 0.6) is 0 Å². The van der Waals surface area contributed by atoms with Crippen molar-refractivity contribution in [2.24, 2.45) is 0 Å². The number of carbonyl (C=O) groups excluding carboxylic acids is 1. The predicted octanol–water partition coefficient (Wildman–Crippen LogP) is 2.15. The first kappa shape index (κ1) is 17.3. The molecule has 2 aromatic rings. The first-order valence-corrected chi connectivity index (χ1v) is 8.34. The summed E-state index contributed by atoms with van der Waals surface area (Å²) in [5.74, 6) is 0.300. The van der Waals surface area contributed by atoms with Crippen LogP contribution in [0.25, 0.3) is 11.0 Å². The summed E-state index contributed by atoms with van der Waals surface area (Å²) >= 11 is 1.42. The highest BCUT2D eigenvalue weighted by atomic mass is 32.2. The van der Waals surface area contributed by atoms with E-state index in [0.717, 1.165) is 16.2 Å². The number of rotatable bonds is 8. The van der Waals surface area contributed by atoms with Gasteiger partial charge in [0.2, 0.25) is 5.91 Å². The minimum absolute atomic E-state index is 0.00408. The summed E-state index contributed by atoms with van der Waals surface area (Å²) in [4.78, 5) is 18.3. The Morgan fingerprint density at radius 1 is 1.48 bits per heavy atom. The van der Waals surface area contributed by atoms with Crippen LogP contribution >= 0.6 is 11.8 Å². The summed E-state index contributed by atoms with van der Waals surface area (Å²) in [6, 6.07) is 9.95. The van der Waals surface area contributed by atoms with Crippen LogP contribution in [0.2, 0.25) is 0 Å². The Morgan fingerprint density at radius 2 is 2.26 bits per heavy atom. The van der Waals surface area contributed by atoms with Gasteiger partial charge in [-0.3, -0.25) is 4.79 Å². The number of amides is 1. The summed E-state index contributed by atoms with van der Waals surface area (Å²) in [6.45, 7) is 1.73. The largest absolute Gasteiger partial charge is 0.383 e. The van der Waals surface area contributed by atoms with Gasteiger partial charge in [-0.05, 0) is 12.1 Å². The molecular formula is C16H20N4O2S. The SMILES string of the molecule is COCCn1c(SCC(=O)N(C)CCC#N)nc2ccccc21. The quantitative estimate of drug-likeness (QED) is 0.693. The van der Waals surface area contributed by atoms with Gasteiger partial charge in [-0.1, -0.05) is 23.9 Å². The van der Waals surface area contributed by atoms with Gasteiger partial charge in [0.25, 0.3) is 0 Å². The zero-order chi connectivity index (χ0) is 16.7. The Morgan fingerprint density at radius 3 is 3.00 bits per heavy atom. The molecule has 0 N–H and O–H groups in total. The predicted molar refractivity (Wildman–Crippen MR) is 90.2 cm³/mol. The molecule has 0 unspecified atom stereocenters. The van der Waals surface area contributed by atoms with Gasteiger partial charge in [-0.15, -0.1) is 0 Å². The van der Waals surface area contributed by atoms with E-state index in [1.165, 1.54) is 11.8 Å². The van der Waals surface area contributed by atoms with Gasteiger partial charge >= 0.3 is 0 Å². The van der Waals surface area contributed by atoms with Gasteiger partial charge in [-0.25, -0.2) is 4.98 Å². The molecule has 0 fully saturated rings. The standard InChI is InChI=1S/C16H20N4O2S/c1-19(9-5-8-17)15(21)12-23-16-18-13-6-3-4-7-14(13)20(16)10-11-22-2/h3-4,6-7H,5,9-12H2,1-2H3. The molecule has 0 aliphatic rings. The highest BCUT2D eigenvalue weighted by Gasteiger charge is 2.14. The van der Waals surface area contributed by atoms with Crippen molar-refractivity contribution in [2.45, 2.75) is 18.1 Å². The zero-order valence-electron chi connectivity index (χ0n) is 13.4. The van der Waals surface area contributed by atoms with Crippen molar-refractivity contribution in [3.63, 3.8) is 0 Å². The van der Waals surface area contributed by atoms with Crippen LogP contribution in [-0.2, 0) is 16.1 Å². The lowest BCUT2D eigenvalue weighted by atomic mass is 10.3. The van der Waals surface area contributed by atoms with Crippen molar-refractivity contribution in [3.8, 4) is 6.07 Å². The molecule has 0 spiro atoms. The number of nitrogens with zero attached hydrogens (tertiary/aromatic N) is 4. The number of ether oxygens (including phenoxy) is 1. The number of methoxy groups -OCH3 is 1. The summed E-state index contributed by atoms with van der Waals surface area (Å²) in [5, 5.41) is 9.40. The van der Waals surface area contributed by atoms with Crippen molar-refractivity contribution in [1.82, 2.24) is 14.5 Å². The van der Waals surface area contributed by atoms with Crippen LogP contribution in [0.15, 0.2) is 29.4 Å². The third kappa shape index (κ3) is 4.47. The number of para-hydroxylation sites is 2. The molecule has 1 amide bonds. The van der Waals surface area contributed by atoms with Crippen molar-refractivity contribution in [1.29, 1.82) is 5.26 Å². The first-order valence-electron chi connectivity index (χ1n) is 7.35. The Bertz CT molecular complexity index is 708. The van der Waals surface area contributed by atoms with Crippen molar-refractivity contribution < 1.29 is 9.53 Å². The lowest BCUT2D eigenvalue weighted by molar-refractivity contribution is -0.127. The Balaban J connectivity index is 2.10. The molecule has 1 aromatic heterocycles. The Labute approximate surface area is 140 Å². The van der Waals surface area contributed by atoms with E-state index in [4.69, 9.17) is 10.00 Å². The van der Waals surface area contributed by atoms with Crippen molar-refractivity contribution in [2.75, 3.05) is 33.1 Å². The highest BCUT2D eigenvalue weighted by Crippen LogP contribution is 2.24. The molecule has 23 heavy (non-hydrogen) atoms. The van der Waals surface area contributed by atoms with Crippen LogP contribution in [0.3, 0.4) is 0 Å². The molecule has 1 heterocycles. The van der Waals surface area contributed by atoms with E-state index in [1.807, 2.05) is 30.3 Å². The molecule has 0 radical (unpaired) electrons. The number of hydrogen-bond acceptors (Lipinski definition) is 5. The van der Waals surface area contributed by atoms with Crippen LogP contribution in [-0.4, -0.2) is 53.4 Å². The molecule has 0 saturated heterocycles. The molecule has 0 aliphatic heterocycles. The van der Waals surface area contributed by atoms with Crippen LogP contribution < -0.4 is 0 Å². The molecule has 1 aromatic carbocycles. The fraction of sp³-hybridized carbons (Fsp3) is 0.438.